The monoisotopic (exact) mass is 277 g/mol. The summed E-state index contributed by atoms with van der Waals surface area (Å²) in [4.78, 5) is 0. The lowest BCUT2D eigenvalue weighted by Crippen LogP contribution is -2.25. The fourth-order valence-electron chi connectivity index (χ4n) is 3.01. The van der Waals surface area contributed by atoms with Gasteiger partial charge >= 0.3 is 0 Å². The third-order valence-electron chi connectivity index (χ3n) is 4.14. The maximum Gasteiger partial charge on any atom is 0.119 e. The number of hydrogen-bond acceptors (Lipinski definition) is 3. The van der Waals surface area contributed by atoms with Gasteiger partial charge in [0.15, 0.2) is 0 Å². The van der Waals surface area contributed by atoms with Crippen molar-refractivity contribution in [3.63, 3.8) is 0 Å². The number of benzene rings is 1. The highest BCUT2D eigenvalue weighted by Crippen LogP contribution is 2.33. The number of ether oxygens (including phenoxy) is 2. The molecule has 0 aliphatic carbocycles. The van der Waals surface area contributed by atoms with Gasteiger partial charge in [-0.05, 0) is 69.7 Å². The molecule has 2 unspecified atom stereocenters. The van der Waals surface area contributed by atoms with E-state index in [0.29, 0.717) is 18.6 Å². The Labute approximate surface area is 122 Å². The van der Waals surface area contributed by atoms with Gasteiger partial charge in [-0.3, -0.25) is 0 Å². The van der Waals surface area contributed by atoms with Gasteiger partial charge in [0.05, 0.1) is 18.8 Å². The van der Waals surface area contributed by atoms with E-state index >= 15 is 0 Å². The van der Waals surface area contributed by atoms with Gasteiger partial charge in [-0.15, -0.1) is 0 Å². The second kappa shape index (κ2) is 6.59. The summed E-state index contributed by atoms with van der Waals surface area (Å²) in [5.74, 6) is 1.39. The van der Waals surface area contributed by atoms with Crippen LogP contribution in [0.25, 0.3) is 0 Å². The average molecular weight is 277 g/mol. The van der Waals surface area contributed by atoms with Crippen molar-refractivity contribution < 1.29 is 9.47 Å². The van der Waals surface area contributed by atoms with Crippen molar-refractivity contribution in [3.05, 3.63) is 29.8 Å². The Hall–Kier alpha value is -1.06. The van der Waals surface area contributed by atoms with E-state index in [1.165, 1.54) is 5.56 Å². The molecule has 2 N–H and O–H groups in total. The Bertz CT molecular complexity index is 431. The van der Waals surface area contributed by atoms with Crippen LogP contribution in [0.3, 0.4) is 0 Å². The van der Waals surface area contributed by atoms with Crippen LogP contribution in [0.15, 0.2) is 24.3 Å². The van der Waals surface area contributed by atoms with Crippen LogP contribution in [-0.4, -0.2) is 25.4 Å². The average Bonchev–Trinajstić information content (AvgIpc) is 2.77. The minimum absolute atomic E-state index is 0.0415. The normalized spacial score (nSPS) is 22.7. The molecule has 2 rings (SSSR count). The van der Waals surface area contributed by atoms with Gasteiger partial charge in [0.1, 0.15) is 5.75 Å². The summed E-state index contributed by atoms with van der Waals surface area (Å²) in [5.41, 5.74) is 7.28. The molecule has 1 aromatic rings. The quantitative estimate of drug-likeness (QED) is 0.868. The van der Waals surface area contributed by atoms with Crippen molar-refractivity contribution >= 4 is 0 Å². The molecule has 20 heavy (non-hydrogen) atoms. The van der Waals surface area contributed by atoms with Gasteiger partial charge in [0, 0.05) is 0 Å². The molecular weight excluding hydrogens is 250 g/mol. The molecule has 1 aliphatic rings. The van der Waals surface area contributed by atoms with Crippen molar-refractivity contribution in [2.45, 2.75) is 51.2 Å². The second-order valence-corrected chi connectivity index (χ2v) is 6.43. The molecule has 1 aromatic carbocycles. The van der Waals surface area contributed by atoms with Crippen LogP contribution in [-0.2, 0) is 11.2 Å². The summed E-state index contributed by atoms with van der Waals surface area (Å²) in [6.07, 6.45) is 4.71. The van der Waals surface area contributed by atoms with Crippen molar-refractivity contribution in [2.75, 3.05) is 13.7 Å². The first-order chi connectivity index (χ1) is 9.52. The van der Waals surface area contributed by atoms with E-state index in [2.05, 4.69) is 26.0 Å². The van der Waals surface area contributed by atoms with E-state index in [4.69, 9.17) is 15.2 Å². The van der Waals surface area contributed by atoms with Crippen LogP contribution in [0.4, 0.5) is 0 Å². The van der Waals surface area contributed by atoms with Crippen LogP contribution >= 0.6 is 0 Å². The Morgan fingerprint density at radius 2 is 2.25 bits per heavy atom. The van der Waals surface area contributed by atoms with Crippen LogP contribution in [0.2, 0.25) is 0 Å². The van der Waals surface area contributed by atoms with E-state index in [-0.39, 0.29) is 5.60 Å². The van der Waals surface area contributed by atoms with Crippen LogP contribution < -0.4 is 10.5 Å². The van der Waals surface area contributed by atoms with Gasteiger partial charge in [0.25, 0.3) is 0 Å². The van der Waals surface area contributed by atoms with Gasteiger partial charge < -0.3 is 15.2 Å². The van der Waals surface area contributed by atoms with E-state index < -0.39 is 0 Å². The van der Waals surface area contributed by atoms with Crippen molar-refractivity contribution in [1.29, 1.82) is 0 Å². The zero-order chi connectivity index (χ0) is 14.6. The first-order valence-electron chi connectivity index (χ1n) is 7.53. The first kappa shape index (κ1) is 15.3. The maximum absolute atomic E-state index is 6.08. The van der Waals surface area contributed by atoms with Crippen LogP contribution in [0.1, 0.15) is 38.7 Å². The third kappa shape index (κ3) is 4.22. The minimum Gasteiger partial charge on any atom is -0.497 e. The Kier molecular flexibility index (Phi) is 5.06. The molecule has 0 spiro atoms. The van der Waals surface area contributed by atoms with E-state index in [9.17, 15) is 0 Å². The third-order valence-corrected chi connectivity index (χ3v) is 4.14. The summed E-state index contributed by atoms with van der Waals surface area (Å²) in [6.45, 7) is 5.05. The molecule has 3 nitrogen and oxygen atoms in total. The van der Waals surface area contributed by atoms with E-state index in [0.717, 1.165) is 31.4 Å². The summed E-state index contributed by atoms with van der Waals surface area (Å²) < 4.78 is 11.4. The minimum atomic E-state index is 0.0415. The zero-order valence-corrected chi connectivity index (χ0v) is 12.9. The fourth-order valence-corrected chi connectivity index (χ4v) is 3.01. The molecule has 0 aromatic heterocycles. The van der Waals surface area contributed by atoms with Gasteiger partial charge in [-0.1, -0.05) is 12.1 Å². The molecule has 0 radical (unpaired) electrons. The highest BCUT2D eigenvalue weighted by molar-refractivity contribution is 5.28. The highest BCUT2D eigenvalue weighted by atomic mass is 16.5. The fraction of sp³-hybridized carbons (Fsp3) is 0.647. The van der Waals surface area contributed by atoms with Crippen molar-refractivity contribution in [1.82, 2.24) is 0 Å². The summed E-state index contributed by atoms with van der Waals surface area (Å²) >= 11 is 0. The standard InChI is InChI=1S/C17H27NO2/c1-17(2)8-7-16(20-17)11-14(12-18)9-13-5-4-6-15(10-13)19-3/h4-6,10,14,16H,7-9,11-12,18H2,1-3H3. The van der Waals surface area contributed by atoms with Crippen molar-refractivity contribution in [3.8, 4) is 5.75 Å². The summed E-state index contributed by atoms with van der Waals surface area (Å²) in [6, 6.07) is 8.26. The highest BCUT2D eigenvalue weighted by Gasteiger charge is 2.32. The molecular formula is C17H27NO2. The topological polar surface area (TPSA) is 44.5 Å². The lowest BCUT2D eigenvalue weighted by atomic mass is 9.92. The number of nitrogens with two attached hydrogens (primary N) is 1. The van der Waals surface area contributed by atoms with Crippen LogP contribution in [0, 0.1) is 5.92 Å². The van der Waals surface area contributed by atoms with Gasteiger partial charge in [0.2, 0.25) is 0 Å². The zero-order valence-electron chi connectivity index (χ0n) is 12.9. The molecule has 0 amide bonds. The first-order valence-corrected chi connectivity index (χ1v) is 7.53. The molecule has 0 saturated carbocycles. The lowest BCUT2D eigenvalue weighted by molar-refractivity contribution is -0.0240. The number of hydrogen-bond donors (Lipinski definition) is 1. The molecule has 1 aliphatic heterocycles. The van der Waals surface area contributed by atoms with Crippen molar-refractivity contribution in [2.24, 2.45) is 11.7 Å². The molecule has 112 valence electrons. The Morgan fingerprint density at radius 1 is 1.45 bits per heavy atom. The second-order valence-electron chi connectivity index (χ2n) is 6.43. The molecule has 3 heteroatoms. The molecule has 0 bridgehead atoms. The Morgan fingerprint density at radius 3 is 2.85 bits per heavy atom. The number of methoxy groups -OCH3 is 1. The largest absolute Gasteiger partial charge is 0.497 e. The van der Waals surface area contributed by atoms with E-state index in [1.807, 2.05) is 12.1 Å². The smallest absolute Gasteiger partial charge is 0.119 e. The lowest BCUT2D eigenvalue weighted by Gasteiger charge is -2.23. The summed E-state index contributed by atoms with van der Waals surface area (Å²) in [5, 5.41) is 0. The maximum atomic E-state index is 6.08. The Balaban J connectivity index is 1.92. The van der Waals surface area contributed by atoms with Crippen LogP contribution in [0.5, 0.6) is 5.75 Å². The molecule has 2 atom stereocenters. The molecule has 1 heterocycles. The van der Waals surface area contributed by atoms with Gasteiger partial charge in [-0.25, -0.2) is 0 Å². The molecule has 1 fully saturated rings. The SMILES string of the molecule is COc1cccc(CC(CN)CC2CCC(C)(C)O2)c1. The van der Waals surface area contributed by atoms with E-state index in [1.54, 1.807) is 7.11 Å². The van der Waals surface area contributed by atoms with Gasteiger partial charge in [-0.2, -0.15) is 0 Å². The number of rotatable bonds is 6. The molecule has 1 saturated heterocycles. The predicted octanol–water partition coefficient (Wildman–Crippen LogP) is 3.16. The predicted molar refractivity (Wildman–Crippen MR) is 82.0 cm³/mol. The summed E-state index contributed by atoms with van der Waals surface area (Å²) in [7, 11) is 1.70.